The van der Waals surface area contributed by atoms with Gasteiger partial charge in [-0.25, -0.2) is 0 Å². The molecule has 0 aliphatic carbocycles. The Morgan fingerprint density at radius 2 is 2.11 bits per heavy atom. The lowest BCUT2D eigenvalue weighted by atomic mass is 10.0. The van der Waals surface area contributed by atoms with Gasteiger partial charge in [0.25, 0.3) is 0 Å². The molecule has 0 saturated heterocycles. The largest absolute Gasteiger partial charge is 0.350 e. The molecule has 0 bridgehead atoms. The molecule has 0 saturated carbocycles. The van der Waals surface area contributed by atoms with Crippen molar-refractivity contribution in [3.05, 3.63) is 21.9 Å². The smallest absolute Gasteiger partial charge is 0.242 e. The van der Waals surface area contributed by atoms with Crippen LogP contribution < -0.4 is 10.6 Å². The van der Waals surface area contributed by atoms with Crippen LogP contribution in [0.15, 0.2) is 11.4 Å². The van der Waals surface area contributed by atoms with Crippen LogP contribution in [0.1, 0.15) is 50.6 Å². The molecule has 0 aliphatic rings. The Bertz CT molecular complexity index is 398. The van der Waals surface area contributed by atoms with Crippen LogP contribution in [0.4, 0.5) is 0 Å². The summed E-state index contributed by atoms with van der Waals surface area (Å²) in [6.07, 6.45) is 1.88. The summed E-state index contributed by atoms with van der Waals surface area (Å²) < 4.78 is 0. The quantitative estimate of drug-likeness (QED) is 0.833. The van der Waals surface area contributed by atoms with Crippen molar-refractivity contribution in [1.29, 1.82) is 0 Å². The van der Waals surface area contributed by atoms with Crippen LogP contribution in [0.2, 0.25) is 0 Å². The van der Waals surface area contributed by atoms with Gasteiger partial charge < -0.3 is 10.6 Å². The second-order valence-electron chi connectivity index (χ2n) is 5.11. The fourth-order valence-electron chi connectivity index (χ4n) is 1.77. The number of carbonyl (C=O) groups excluding carboxylic acids is 1. The highest BCUT2D eigenvalue weighted by Crippen LogP contribution is 2.25. The predicted octanol–water partition coefficient (Wildman–Crippen LogP) is 2.88. The zero-order valence-electron chi connectivity index (χ0n) is 12.0. The molecule has 0 radical (unpaired) electrons. The maximum absolute atomic E-state index is 12.3. The van der Waals surface area contributed by atoms with Crippen LogP contribution in [-0.4, -0.2) is 18.5 Å². The van der Waals surface area contributed by atoms with Gasteiger partial charge >= 0.3 is 0 Å². The first-order chi connectivity index (χ1) is 8.45. The lowest BCUT2D eigenvalue weighted by molar-refractivity contribution is -0.124. The minimum absolute atomic E-state index is 0.0569. The molecule has 1 amide bonds. The SMILES string of the molecule is CCc1ccsc1C(NC)C(=O)NC(C)(C)CC. The molecule has 3 nitrogen and oxygen atoms in total. The Morgan fingerprint density at radius 3 is 2.61 bits per heavy atom. The van der Waals surface area contributed by atoms with Crippen LogP contribution in [0.3, 0.4) is 0 Å². The molecule has 1 atom stereocenters. The molecule has 1 unspecified atom stereocenters. The lowest BCUT2D eigenvalue weighted by Gasteiger charge is -2.27. The van der Waals surface area contributed by atoms with Crippen LogP contribution in [0.5, 0.6) is 0 Å². The third-order valence-electron chi connectivity index (χ3n) is 3.32. The summed E-state index contributed by atoms with van der Waals surface area (Å²) in [7, 11) is 1.84. The molecule has 18 heavy (non-hydrogen) atoms. The minimum atomic E-state index is -0.245. The van der Waals surface area contributed by atoms with Gasteiger partial charge in [-0.2, -0.15) is 0 Å². The number of rotatable bonds is 6. The number of hydrogen-bond acceptors (Lipinski definition) is 3. The molecule has 1 aromatic rings. The molecular formula is C14H24N2OS. The molecule has 1 heterocycles. The molecule has 0 spiro atoms. The number of carbonyl (C=O) groups is 1. The van der Waals surface area contributed by atoms with Crippen molar-refractivity contribution in [1.82, 2.24) is 10.6 Å². The lowest BCUT2D eigenvalue weighted by Crippen LogP contribution is -2.47. The Balaban J connectivity index is 2.87. The number of nitrogens with one attached hydrogen (secondary N) is 2. The maximum atomic E-state index is 12.3. The molecule has 0 fully saturated rings. The van der Waals surface area contributed by atoms with Crippen molar-refractivity contribution in [3.63, 3.8) is 0 Å². The van der Waals surface area contributed by atoms with Gasteiger partial charge in [-0.3, -0.25) is 4.79 Å². The fourth-order valence-corrected chi connectivity index (χ4v) is 2.87. The van der Waals surface area contributed by atoms with Gasteiger partial charge in [0.1, 0.15) is 6.04 Å². The number of likely N-dealkylation sites (N-methyl/N-ethyl adjacent to an activating group) is 1. The first kappa shape index (κ1) is 15.2. The summed E-state index contributed by atoms with van der Waals surface area (Å²) in [4.78, 5) is 13.5. The zero-order chi connectivity index (χ0) is 13.8. The summed E-state index contributed by atoms with van der Waals surface area (Å²) in [6, 6.07) is 1.86. The van der Waals surface area contributed by atoms with E-state index in [0.29, 0.717) is 0 Å². The third kappa shape index (κ3) is 3.56. The van der Waals surface area contributed by atoms with Gasteiger partial charge in [0.2, 0.25) is 5.91 Å². The van der Waals surface area contributed by atoms with Crippen LogP contribution >= 0.6 is 11.3 Å². The van der Waals surface area contributed by atoms with Crippen molar-refractivity contribution in [2.24, 2.45) is 0 Å². The van der Waals surface area contributed by atoms with Crippen molar-refractivity contribution in [2.45, 2.75) is 52.1 Å². The summed E-state index contributed by atoms with van der Waals surface area (Å²) >= 11 is 1.65. The van der Waals surface area contributed by atoms with E-state index in [9.17, 15) is 4.79 Å². The average Bonchev–Trinajstić information content (AvgIpc) is 2.77. The van der Waals surface area contributed by atoms with Gasteiger partial charge in [0.15, 0.2) is 0 Å². The first-order valence-electron chi connectivity index (χ1n) is 6.50. The van der Waals surface area contributed by atoms with Gasteiger partial charge in [-0.05, 0) is 50.7 Å². The fraction of sp³-hybridized carbons (Fsp3) is 0.643. The van der Waals surface area contributed by atoms with Crippen molar-refractivity contribution in [2.75, 3.05) is 7.05 Å². The van der Waals surface area contributed by atoms with Crippen molar-refractivity contribution in [3.8, 4) is 0 Å². The van der Waals surface area contributed by atoms with Gasteiger partial charge in [0, 0.05) is 10.4 Å². The van der Waals surface area contributed by atoms with Gasteiger partial charge in [-0.15, -0.1) is 11.3 Å². The number of thiophene rings is 1. The molecule has 1 rings (SSSR count). The standard InChI is InChI=1S/C14H24N2OS/c1-6-10-8-9-18-12(10)11(15-5)13(17)16-14(3,4)7-2/h8-9,11,15H,6-7H2,1-5H3,(H,16,17). The van der Waals surface area contributed by atoms with Gasteiger partial charge in [0.05, 0.1) is 0 Å². The third-order valence-corrected chi connectivity index (χ3v) is 4.34. The van der Waals surface area contributed by atoms with E-state index in [0.717, 1.165) is 17.7 Å². The van der Waals surface area contributed by atoms with Crippen LogP contribution in [0.25, 0.3) is 0 Å². The summed E-state index contributed by atoms with van der Waals surface area (Å²) in [5.74, 6) is 0.0569. The van der Waals surface area contributed by atoms with E-state index in [4.69, 9.17) is 0 Å². The Labute approximate surface area is 114 Å². The minimum Gasteiger partial charge on any atom is -0.350 e. The topological polar surface area (TPSA) is 41.1 Å². The van der Waals surface area contributed by atoms with E-state index in [1.807, 2.05) is 20.9 Å². The first-order valence-corrected chi connectivity index (χ1v) is 7.38. The van der Waals surface area contributed by atoms with Crippen molar-refractivity contribution >= 4 is 17.2 Å². The normalized spacial score (nSPS) is 13.4. The highest BCUT2D eigenvalue weighted by Gasteiger charge is 2.26. The highest BCUT2D eigenvalue weighted by atomic mass is 32.1. The molecule has 0 aliphatic heterocycles. The van der Waals surface area contributed by atoms with Gasteiger partial charge in [-0.1, -0.05) is 13.8 Å². The number of hydrogen-bond donors (Lipinski definition) is 2. The second-order valence-corrected chi connectivity index (χ2v) is 6.06. The number of aryl methyl sites for hydroxylation is 1. The monoisotopic (exact) mass is 268 g/mol. The summed E-state index contributed by atoms with van der Waals surface area (Å²) in [6.45, 7) is 8.29. The van der Waals surface area contributed by atoms with E-state index in [2.05, 4.69) is 35.9 Å². The Morgan fingerprint density at radius 1 is 1.44 bits per heavy atom. The summed E-state index contributed by atoms with van der Waals surface area (Å²) in [5, 5.41) is 8.28. The van der Waals surface area contributed by atoms with Crippen LogP contribution in [0, 0.1) is 0 Å². The van der Waals surface area contributed by atoms with E-state index < -0.39 is 0 Å². The zero-order valence-corrected chi connectivity index (χ0v) is 12.8. The maximum Gasteiger partial charge on any atom is 0.242 e. The van der Waals surface area contributed by atoms with Crippen LogP contribution in [-0.2, 0) is 11.2 Å². The highest BCUT2D eigenvalue weighted by molar-refractivity contribution is 7.10. The average molecular weight is 268 g/mol. The Hall–Kier alpha value is -0.870. The molecule has 102 valence electrons. The van der Waals surface area contributed by atoms with Crippen molar-refractivity contribution < 1.29 is 4.79 Å². The molecule has 1 aromatic heterocycles. The molecule has 0 aromatic carbocycles. The predicted molar refractivity (Wildman–Crippen MR) is 78.0 cm³/mol. The molecule has 2 N–H and O–H groups in total. The van der Waals surface area contributed by atoms with E-state index in [1.165, 1.54) is 5.56 Å². The summed E-state index contributed by atoms with van der Waals surface area (Å²) in [5.41, 5.74) is 1.10. The van der Waals surface area contributed by atoms with E-state index in [-0.39, 0.29) is 17.5 Å². The van der Waals surface area contributed by atoms with E-state index in [1.54, 1.807) is 11.3 Å². The second kappa shape index (κ2) is 6.34. The number of amides is 1. The molecule has 4 heteroatoms. The van der Waals surface area contributed by atoms with E-state index >= 15 is 0 Å². The molecular weight excluding hydrogens is 244 g/mol. The Kier molecular flexibility index (Phi) is 5.35.